The number of aryl methyl sites for hydroxylation is 1. The first kappa shape index (κ1) is 14.8. The van der Waals surface area contributed by atoms with Crippen LogP contribution in [0.4, 0.5) is 24.7 Å². The van der Waals surface area contributed by atoms with Crippen LogP contribution in [-0.2, 0) is 6.18 Å². The van der Waals surface area contributed by atoms with Gasteiger partial charge in [-0.15, -0.1) is 0 Å². The summed E-state index contributed by atoms with van der Waals surface area (Å²) in [5.41, 5.74) is -0.974. The van der Waals surface area contributed by atoms with Crippen molar-refractivity contribution < 1.29 is 23.1 Å². The first-order valence-corrected chi connectivity index (χ1v) is 5.78. The van der Waals surface area contributed by atoms with E-state index in [-0.39, 0.29) is 17.1 Å². The van der Waals surface area contributed by atoms with Crippen molar-refractivity contribution >= 4 is 17.5 Å². The number of hydrogen-bond acceptors (Lipinski definition) is 4. The largest absolute Gasteiger partial charge is 0.477 e. The molecule has 110 valence electrons. The Bertz CT molecular complexity index is 687. The number of hydrogen-bond donors (Lipinski definition) is 2. The maximum absolute atomic E-state index is 12.6. The molecule has 1 aromatic carbocycles. The lowest BCUT2D eigenvalue weighted by molar-refractivity contribution is -0.137. The summed E-state index contributed by atoms with van der Waals surface area (Å²) in [6.45, 7) is 1.54. The first-order chi connectivity index (χ1) is 9.77. The zero-order chi connectivity index (χ0) is 15.6. The number of alkyl halides is 3. The summed E-state index contributed by atoms with van der Waals surface area (Å²) in [7, 11) is 0. The number of halogens is 3. The minimum atomic E-state index is -4.48. The summed E-state index contributed by atoms with van der Waals surface area (Å²) in [4.78, 5) is 18.7. The first-order valence-electron chi connectivity index (χ1n) is 5.78. The number of aromatic nitrogens is 2. The molecule has 0 saturated heterocycles. The molecular weight excluding hydrogens is 287 g/mol. The smallest absolute Gasteiger partial charge is 0.416 e. The molecule has 0 spiro atoms. The molecule has 8 heteroatoms. The Kier molecular flexibility index (Phi) is 3.79. The van der Waals surface area contributed by atoms with Gasteiger partial charge in [-0.1, -0.05) is 6.07 Å². The molecule has 5 nitrogen and oxygen atoms in total. The molecule has 2 rings (SSSR count). The highest BCUT2D eigenvalue weighted by atomic mass is 19.4. The Morgan fingerprint density at radius 1 is 1.33 bits per heavy atom. The third kappa shape index (κ3) is 3.47. The highest BCUT2D eigenvalue weighted by Gasteiger charge is 2.30. The molecule has 0 fully saturated rings. The fourth-order valence-corrected chi connectivity index (χ4v) is 1.63. The van der Waals surface area contributed by atoms with Crippen molar-refractivity contribution in [2.75, 3.05) is 5.32 Å². The molecular formula is C13H10F3N3O2. The number of rotatable bonds is 3. The van der Waals surface area contributed by atoms with E-state index in [0.29, 0.717) is 5.82 Å². The van der Waals surface area contributed by atoms with E-state index in [9.17, 15) is 18.0 Å². The molecule has 0 aliphatic rings. The molecule has 1 heterocycles. The van der Waals surface area contributed by atoms with Gasteiger partial charge in [-0.3, -0.25) is 0 Å². The Hall–Kier alpha value is -2.64. The highest BCUT2D eigenvalue weighted by molar-refractivity contribution is 5.93. The lowest BCUT2D eigenvalue weighted by Crippen LogP contribution is -2.08. The minimum Gasteiger partial charge on any atom is -0.477 e. The van der Waals surface area contributed by atoms with Crippen molar-refractivity contribution in [2.24, 2.45) is 0 Å². The predicted octanol–water partition coefficient (Wildman–Crippen LogP) is 3.25. The monoisotopic (exact) mass is 297 g/mol. The van der Waals surface area contributed by atoms with Crippen molar-refractivity contribution in [3.8, 4) is 0 Å². The van der Waals surface area contributed by atoms with Crippen molar-refractivity contribution in [3.63, 3.8) is 0 Å². The number of benzene rings is 1. The molecule has 21 heavy (non-hydrogen) atoms. The van der Waals surface area contributed by atoms with Gasteiger partial charge in [-0.25, -0.2) is 14.8 Å². The van der Waals surface area contributed by atoms with Crippen LogP contribution in [0.5, 0.6) is 0 Å². The Balaban J connectivity index is 2.39. The molecule has 0 aliphatic carbocycles. The number of nitrogens with zero attached hydrogens (tertiary/aromatic N) is 2. The predicted molar refractivity (Wildman–Crippen MR) is 68.5 cm³/mol. The summed E-state index contributed by atoms with van der Waals surface area (Å²) in [5, 5.41) is 11.6. The summed E-state index contributed by atoms with van der Waals surface area (Å²) < 4.78 is 37.9. The van der Waals surface area contributed by atoms with Gasteiger partial charge in [0.15, 0.2) is 0 Å². The molecule has 2 N–H and O–H groups in total. The normalized spacial score (nSPS) is 11.2. The van der Waals surface area contributed by atoms with Gasteiger partial charge in [0.2, 0.25) is 0 Å². The van der Waals surface area contributed by atoms with E-state index in [4.69, 9.17) is 5.11 Å². The maximum Gasteiger partial charge on any atom is 0.416 e. The summed E-state index contributed by atoms with van der Waals surface area (Å²) in [5.74, 6) is -1.03. The number of carbonyl (C=O) groups is 1. The molecule has 0 bridgehead atoms. The number of anilines is 2. The Morgan fingerprint density at radius 3 is 2.67 bits per heavy atom. The zero-order valence-corrected chi connectivity index (χ0v) is 10.8. The van der Waals surface area contributed by atoms with Crippen LogP contribution in [0.25, 0.3) is 0 Å². The molecule has 0 atom stereocenters. The molecule has 1 aromatic heterocycles. The van der Waals surface area contributed by atoms with Gasteiger partial charge in [0, 0.05) is 11.9 Å². The fourth-order valence-electron chi connectivity index (χ4n) is 1.63. The van der Waals surface area contributed by atoms with Crippen LogP contribution in [0.2, 0.25) is 0 Å². The van der Waals surface area contributed by atoms with Crippen LogP contribution >= 0.6 is 0 Å². The van der Waals surface area contributed by atoms with Crippen molar-refractivity contribution in [1.29, 1.82) is 0 Å². The summed E-state index contributed by atoms with van der Waals surface area (Å²) in [6.07, 6.45) is -3.38. The van der Waals surface area contributed by atoms with E-state index in [1.54, 1.807) is 6.92 Å². The van der Waals surface area contributed by atoms with Crippen molar-refractivity contribution in [1.82, 2.24) is 9.97 Å². The fraction of sp³-hybridized carbons (Fsp3) is 0.154. The summed E-state index contributed by atoms with van der Waals surface area (Å²) >= 11 is 0. The Labute approximate surface area is 117 Å². The SMILES string of the molecule is Cc1ncc(C(=O)O)c(Nc2cccc(C(F)(F)F)c2)n1. The van der Waals surface area contributed by atoms with Crippen LogP contribution in [0.1, 0.15) is 21.7 Å². The van der Waals surface area contributed by atoms with E-state index < -0.39 is 17.7 Å². The van der Waals surface area contributed by atoms with E-state index in [2.05, 4.69) is 15.3 Å². The van der Waals surface area contributed by atoms with Gasteiger partial charge < -0.3 is 10.4 Å². The second-order valence-electron chi connectivity index (χ2n) is 4.19. The quantitative estimate of drug-likeness (QED) is 0.909. The molecule has 0 amide bonds. The van der Waals surface area contributed by atoms with Crippen LogP contribution in [-0.4, -0.2) is 21.0 Å². The molecule has 0 unspecified atom stereocenters. The van der Waals surface area contributed by atoms with Crippen LogP contribution in [0, 0.1) is 6.92 Å². The van der Waals surface area contributed by atoms with Crippen LogP contribution < -0.4 is 5.32 Å². The van der Waals surface area contributed by atoms with Crippen LogP contribution in [0.3, 0.4) is 0 Å². The average Bonchev–Trinajstić information content (AvgIpc) is 2.37. The van der Waals surface area contributed by atoms with Gasteiger partial charge >= 0.3 is 12.1 Å². The van der Waals surface area contributed by atoms with Gasteiger partial charge in [-0.05, 0) is 25.1 Å². The third-order valence-electron chi connectivity index (χ3n) is 2.59. The lowest BCUT2D eigenvalue weighted by atomic mass is 10.2. The molecule has 0 aliphatic heterocycles. The second kappa shape index (κ2) is 5.39. The van der Waals surface area contributed by atoms with Crippen LogP contribution in [0.15, 0.2) is 30.5 Å². The molecule has 0 saturated carbocycles. The van der Waals surface area contributed by atoms with E-state index in [1.807, 2.05) is 0 Å². The van der Waals surface area contributed by atoms with E-state index in [0.717, 1.165) is 18.3 Å². The van der Waals surface area contributed by atoms with Crippen molar-refractivity contribution in [3.05, 3.63) is 47.4 Å². The Morgan fingerprint density at radius 2 is 2.05 bits per heavy atom. The average molecular weight is 297 g/mol. The lowest BCUT2D eigenvalue weighted by Gasteiger charge is -2.11. The molecule has 2 aromatic rings. The number of aromatic carboxylic acids is 1. The number of carboxylic acids is 1. The van der Waals surface area contributed by atoms with Gasteiger partial charge in [0.05, 0.1) is 5.56 Å². The number of carboxylic acid groups (broad SMARTS) is 1. The molecule has 0 radical (unpaired) electrons. The van der Waals surface area contributed by atoms with Gasteiger partial charge in [0.25, 0.3) is 0 Å². The number of nitrogens with one attached hydrogen (secondary N) is 1. The zero-order valence-electron chi connectivity index (χ0n) is 10.8. The standard InChI is InChI=1S/C13H10F3N3O2/c1-7-17-6-10(12(20)21)11(18-7)19-9-4-2-3-8(5-9)13(14,15)16/h2-6H,1H3,(H,20,21)(H,17,18,19). The van der Waals surface area contributed by atoms with Crippen molar-refractivity contribution in [2.45, 2.75) is 13.1 Å². The topological polar surface area (TPSA) is 75.1 Å². The van der Waals surface area contributed by atoms with Gasteiger partial charge in [0.1, 0.15) is 17.2 Å². The minimum absolute atomic E-state index is 0.0608. The van der Waals surface area contributed by atoms with E-state index in [1.165, 1.54) is 12.1 Å². The maximum atomic E-state index is 12.6. The third-order valence-corrected chi connectivity index (χ3v) is 2.59. The second-order valence-corrected chi connectivity index (χ2v) is 4.19. The highest BCUT2D eigenvalue weighted by Crippen LogP contribution is 2.31. The van der Waals surface area contributed by atoms with Gasteiger partial charge in [-0.2, -0.15) is 13.2 Å². The van der Waals surface area contributed by atoms with E-state index >= 15 is 0 Å². The summed E-state index contributed by atoms with van der Waals surface area (Å²) in [6, 6.07) is 4.41.